The van der Waals surface area contributed by atoms with Crippen LogP contribution in [0.25, 0.3) is 0 Å². The number of ether oxygens (including phenoxy) is 1. The quantitative estimate of drug-likeness (QED) is 0.899. The van der Waals surface area contributed by atoms with Crippen LogP contribution in [0.1, 0.15) is 6.42 Å². The van der Waals surface area contributed by atoms with Gasteiger partial charge in [0.15, 0.2) is 9.84 Å². The summed E-state index contributed by atoms with van der Waals surface area (Å²) in [6.45, 7) is 0.881. The van der Waals surface area contributed by atoms with E-state index in [1.807, 2.05) is 0 Å². The van der Waals surface area contributed by atoms with Crippen LogP contribution in [0.3, 0.4) is 0 Å². The van der Waals surface area contributed by atoms with Crippen LogP contribution >= 0.6 is 11.6 Å². The van der Waals surface area contributed by atoms with Crippen LogP contribution in [0.2, 0.25) is 5.02 Å². The molecule has 0 aromatic heterocycles. The van der Waals surface area contributed by atoms with Gasteiger partial charge in [0.05, 0.1) is 18.1 Å². The number of benzene rings is 1. The highest BCUT2D eigenvalue weighted by molar-refractivity contribution is 7.91. The molecule has 0 radical (unpaired) electrons. The first-order valence-electron chi connectivity index (χ1n) is 6.29. The monoisotopic (exact) mass is 303 g/mol. The Labute approximate surface area is 118 Å². The molecule has 1 aliphatic rings. The van der Waals surface area contributed by atoms with Crippen molar-refractivity contribution >= 4 is 21.4 Å². The highest BCUT2D eigenvalue weighted by atomic mass is 35.5. The van der Waals surface area contributed by atoms with E-state index in [9.17, 15) is 8.42 Å². The lowest BCUT2D eigenvalue weighted by Gasteiger charge is -2.21. The van der Waals surface area contributed by atoms with Gasteiger partial charge in [-0.2, -0.15) is 0 Å². The van der Waals surface area contributed by atoms with E-state index in [1.165, 1.54) is 0 Å². The van der Waals surface area contributed by atoms with Crippen molar-refractivity contribution in [1.82, 2.24) is 0 Å². The van der Waals surface area contributed by atoms with E-state index in [2.05, 4.69) is 0 Å². The first-order valence-corrected chi connectivity index (χ1v) is 8.49. The molecule has 2 atom stereocenters. The molecule has 0 amide bonds. The number of rotatable bonds is 5. The van der Waals surface area contributed by atoms with Crippen molar-refractivity contribution in [2.24, 2.45) is 17.6 Å². The van der Waals surface area contributed by atoms with E-state index in [0.29, 0.717) is 24.6 Å². The average molecular weight is 304 g/mol. The summed E-state index contributed by atoms with van der Waals surface area (Å²) in [7, 11) is -2.87. The summed E-state index contributed by atoms with van der Waals surface area (Å²) in [5, 5.41) is 0.657. The molecule has 0 aliphatic carbocycles. The van der Waals surface area contributed by atoms with Gasteiger partial charge in [0.25, 0.3) is 0 Å². The lowest BCUT2D eigenvalue weighted by Crippen LogP contribution is -2.29. The maximum Gasteiger partial charge on any atom is 0.150 e. The molecule has 0 spiro atoms. The largest absolute Gasteiger partial charge is 0.493 e. The summed E-state index contributed by atoms with van der Waals surface area (Å²) in [4.78, 5) is 0. The van der Waals surface area contributed by atoms with Gasteiger partial charge in [0, 0.05) is 10.9 Å². The molecule has 2 rings (SSSR count). The fourth-order valence-corrected chi connectivity index (χ4v) is 4.37. The molecule has 0 bridgehead atoms. The predicted octanol–water partition coefficient (Wildman–Crippen LogP) is 1.73. The van der Waals surface area contributed by atoms with E-state index in [1.54, 1.807) is 24.3 Å². The number of sulfone groups is 1. The summed E-state index contributed by atoms with van der Waals surface area (Å²) in [6, 6.07) is 7.10. The first kappa shape index (κ1) is 14.6. The van der Waals surface area contributed by atoms with Crippen molar-refractivity contribution < 1.29 is 13.2 Å². The second-order valence-electron chi connectivity index (χ2n) is 4.92. The Morgan fingerprint density at radius 2 is 2.05 bits per heavy atom. The molecule has 6 heteroatoms. The van der Waals surface area contributed by atoms with Crippen molar-refractivity contribution in [2.45, 2.75) is 6.42 Å². The molecule has 106 valence electrons. The minimum Gasteiger partial charge on any atom is -0.493 e. The third-order valence-corrected chi connectivity index (χ3v) is 5.56. The molecule has 1 heterocycles. The van der Waals surface area contributed by atoms with Gasteiger partial charge in [0.2, 0.25) is 0 Å². The Morgan fingerprint density at radius 1 is 1.37 bits per heavy atom. The Morgan fingerprint density at radius 3 is 2.58 bits per heavy atom. The molecular weight excluding hydrogens is 286 g/mol. The Bertz CT molecular complexity index is 515. The standard InChI is InChI=1S/C13H18ClNO3S/c14-12-1-3-13(4-2-12)18-8-11(7-15)10-5-6-19(16,17)9-10/h1-4,10-11H,5-9,15H2. The van der Waals surface area contributed by atoms with Gasteiger partial charge in [-0.15, -0.1) is 0 Å². The van der Waals surface area contributed by atoms with Gasteiger partial charge >= 0.3 is 0 Å². The van der Waals surface area contributed by atoms with Gasteiger partial charge in [-0.1, -0.05) is 11.6 Å². The predicted molar refractivity (Wildman–Crippen MR) is 76.3 cm³/mol. The molecule has 1 aromatic rings. The van der Waals surface area contributed by atoms with Crippen molar-refractivity contribution in [3.8, 4) is 5.75 Å². The highest BCUT2D eigenvalue weighted by Crippen LogP contribution is 2.26. The van der Waals surface area contributed by atoms with E-state index < -0.39 is 9.84 Å². The van der Waals surface area contributed by atoms with Crippen LogP contribution < -0.4 is 10.5 Å². The van der Waals surface area contributed by atoms with E-state index in [-0.39, 0.29) is 23.3 Å². The molecule has 1 aromatic carbocycles. The Kier molecular flexibility index (Phi) is 4.71. The van der Waals surface area contributed by atoms with Crippen molar-refractivity contribution in [3.05, 3.63) is 29.3 Å². The van der Waals surface area contributed by atoms with E-state index in [0.717, 1.165) is 5.75 Å². The molecule has 1 fully saturated rings. The summed E-state index contributed by atoms with van der Waals surface area (Å²) < 4.78 is 28.6. The summed E-state index contributed by atoms with van der Waals surface area (Å²) >= 11 is 5.79. The third-order valence-electron chi connectivity index (χ3n) is 3.51. The maximum atomic E-state index is 11.5. The van der Waals surface area contributed by atoms with Crippen molar-refractivity contribution in [2.75, 3.05) is 24.7 Å². The normalized spacial score (nSPS) is 23.2. The fraction of sp³-hybridized carbons (Fsp3) is 0.538. The highest BCUT2D eigenvalue weighted by Gasteiger charge is 2.33. The third kappa shape index (κ3) is 4.09. The molecule has 2 N–H and O–H groups in total. The lowest BCUT2D eigenvalue weighted by molar-refractivity contribution is 0.209. The summed E-state index contributed by atoms with van der Waals surface area (Å²) in [5.41, 5.74) is 5.73. The SMILES string of the molecule is NCC(COc1ccc(Cl)cc1)C1CCS(=O)(=O)C1. The van der Waals surface area contributed by atoms with Crippen LogP contribution in [0.5, 0.6) is 5.75 Å². The minimum absolute atomic E-state index is 0.0768. The summed E-state index contributed by atoms with van der Waals surface area (Å²) in [5.74, 6) is 1.42. The second kappa shape index (κ2) is 6.11. The topological polar surface area (TPSA) is 69.4 Å². The molecule has 0 saturated carbocycles. The van der Waals surface area contributed by atoms with Crippen molar-refractivity contribution in [3.63, 3.8) is 0 Å². The van der Waals surface area contributed by atoms with Crippen LogP contribution in [-0.2, 0) is 9.84 Å². The minimum atomic E-state index is -2.87. The Hall–Kier alpha value is -0.780. The van der Waals surface area contributed by atoms with E-state index in [4.69, 9.17) is 22.1 Å². The molecule has 2 unspecified atom stereocenters. The number of halogens is 1. The molecule has 4 nitrogen and oxygen atoms in total. The maximum absolute atomic E-state index is 11.5. The Balaban J connectivity index is 1.91. The smallest absolute Gasteiger partial charge is 0.150 e. The van der Waals surface area contributed by atoms with Crippen LogP contribution in [0.15, 0.2) is 24.3 Å². The van der Waals surface area contributed by atoms with Gasteiger partial charge in [-0.3, -0.25) is 0 Å². The lowest BCUT2D eigenvalue weighted by atomic mass is 9.93. The number of nitrogens with two attached hydrogens (primary N) is 1. The summed E-state index contributed by atoms with van der Waals surface area (Å²) in [6.07, 6.45) is 0.689. The average Bonchev–Trinajstić information content (AvgIpc) is 2.73. The molecule has 1 aliphatic heterocycles. The van der Waals surface area contributed by atoms with Gasteiger partial charge in [-0.05, 0) is 43.1 Å². The van der Waals surface area contributed by atoms with E-state index >= 15 is 0 Å². The van der Waals surface area contributed by atoms with Gasteiger partial charge in [0.1, 0.15) is 5.75 Å². The zero-order valence-electron chi connectivity index (χ0n) is 10.6. The zero-order valence-corrected chi connectivity index (χ0v) is 12.2. The molecular formula is C13H18ClNO3S. The van der Waals surface area contributed by atoms with Crippen LogP contribution in [-0.4, -0.2) is 33.1 Å². The molecule has 19 heavy (non-hydrogen) atoms. The van der Waals surface area contributed by atoms with Gasteiger partial charge < -0.3 is 10.5 Å². The van der Waals surface area contributed by atoms with Crippen molar-refractivity contribution in [1.29, 1.82) is 0 Å². The fourth-order valence-electron chi connectivity index (χ4n) is 2.33. The molecule has 1 saturated heterocycles. The number of hydrogen-bond donors (Lipinski definition) is 1. The van der Waals surface area contributed by atoms with Gasteiger partial charge in [-0.25, -0.2) is 8.42 Å². The second-order valence-corrected chi connectivity index (χ2v) is 7.59. The number of hydrogen-bond acceptors (Lipinski definition) is 4. The first-order chi connectivity index (χ1) is 9.00. The zero-order chi connectivity index (χ0) is 13.9. The van der Waals surface area contributed by atoms with Crippen LogP contribution in [0, 0.1) is 11.8 Å². The van der Waals surface area contributed by atoms with Crippen LogP contribution in [0.4, 0.5) is 0 Å².